The van der Waals surface area contributed by atoms with E-state index in [-0.39, 0.29) is 11.7 Å². The molecule has 0 radical (unpaired) electrons. The fraction of sp³-hybridized carbons (Fsp3) is 0.571. The predicted molar refractivity (Wildman–Crippen MR) is 71.4 cm³/mol. The Bertz CT molecular complexity index is 376. The lowest BCUT2D eigenvalue weighted by Crippen LogP contribution is -2.19. The van der Waals surface area contributed by atoms with E-state index in [0.29, 0.717) is 17.4 Å². The molecular weight excluding hydrogens is 212 g/mol. The smallest absolute Gasteiger partial charge is 0.169 e. The highest BCUT2D eigenvalue weighted by Gasteiger charge is 2.18. The highest BCUT2D eigenvalue weighted by Crippen LogP contribution is 2.19. The van der Waals surface area contributed by atoms with Gasteiger partial charge in [0, 0.05) is 18.2 Å². The number of nitrogens with one attached hydrogen (secondary N) is 1. The maximum absolute atomic E-state index is 12.2. The fourth-order valence-electron chi connectivity index (χ4n) is 1.51. The van der Waals surface area contributed by atoms with Crippen LogP contribution < -0.4 is 5.32 Å². The Hall–Kier alpha value is -1.38. The predicted octanol–water partition coefficient (Wildman–Crippen LogP) is 3.52. The topological polar surface area (TPSA) is 42.0 Å². The lowest BCUT2D eigenvalue weighted by atomic mass is 9.97. The first-order valence-electron chi connectivity index (χ1n) is 6.35. The molecule has 17 heavy (non-hydrogen) atoms. The first-order valence-corrected chi connectivity index (χ1v) is 6.35. The molecule has 0 saturated carbocycles. The Morgan fingerprint density at radius 1 is 1.35 bits per heavy atom. The SMILES string of the molecule is CCC(C)Nc1ncccc1C(=O)C(C)CC. The van der Waals surface area contributed by atoms with Gasteiger partial charge in [-0.15, -0.1) is 0 Å². The Morgan fingerprint density at radius 2 is 2.06 bits per heavy atom. The highest BCUT2D eigenvalue weighted by atomic mass is 16.1. The number of ketones is 1. The maximum Gasteiger partial charge on any atom is 0.169 e. The van der Waals surface area contributed by atoms with Crippen LogP contribution in [0.4, 0.5) is 5.82 Å². The molecule has 0 aliphatic heterocycles. The lowest BCUT2D eigenvalue weighted by Gasteiger charge is -2.16. The van der Waals surface area contributed by atoms with Crippen molar-refractivity contribution in [1.29, 1.82) is 0 Å². The Balaban J connectivity index is 2.95. The second-order valence-electron chi connectivity index (χ2n) is 4.53. The van der Waals surface area contributed by atoms with Crippen LogP contribution in [0.25, 0.3) is 0 Å². The summed E-state index contributed by atoms with van der Waals surface area (Å²) >= 11 is 0. The van der Waals surface area contributed by atoms with E-state index in [0.717, 1.165) is 12.8 Å². The zero-order chi connectivity index (χ0) is 12.8. The molecule has 1 aromatic heterocycles. The minimum absolute atomic E-state index is 0.0525. The van der Waals surface area contributed by atoms with E-state index in [2.05, 4.69) is 24.1 Å². The zero-order valence-corrected chi connectivity index (χ0v) is 11.2. The first-order chi connectivity index (χ1) is 8.10. The van der Waals surface area contributed by atoms with Crippen LogP contribution in [0.3, 0.4) is 0 Å². The molecule has 2 unspecified atom stereocenters. The van der Waals surface area contributed by atoms with Gasteiger partial charge in [-0.25, -0.2) is 4.98 Å². The third kappa shape index (κ3) is 3.55. The maximum atomic E-state index is 12.2. The standard InChI is InChI=1S/C14H22N2O/c1-5-10(3)13(17)12-8-7-9-15-14(12)16-11(4)6-2/h7-11H,5-6H2,1-4H3,(H,15,16). The van der Waals surface area contributed by atoms with Crippen molar-refractivity contribution in [1.82, 2.24) is 4.98 Å². The van der Waals surface area contributed by atoms with Crippen molar-refractivity contribution in [2.75, 3.05) is 5.32 Å². The molecule has 0 aromatic carbocycles. The lowest BCUT2D eigenvalue weighted by molar-refractivity contribution is 0.0928. The van der Waals surface area contributed by atoms with Gasteiger partial charge >= 0.3 is 0 Å². The van der Waals surface area contributed by atoms with E-state index in [4.69, 9.17) is 0 Å². The summed E-state index contributed by atoms with van der Waals surface area (Å²) in [7, 11) is 0. The molecule has 1 N–H and O–H groups in total. The number of rotatable bonds is 6. The zero-order valence-electron chi connectivity index (χ0n) is 11.2. The van der Waals surface area contributed by atoms with Crippen molar-refractivity contribution in [3.8, 4) is 0 Å². The second kappa shape index (κ2) is 6.38. The molecule has 2 atom stereocenters. The molecule has 3 nitrogen and oxygen atoms in total. The van der Waals surface area contributed by atoms with Crippen molar-refractivity contribution in [2.45, 2.75) is 46.6 Å². The minimum atomic E-state index is 0.0525. The van der Waals surface area contributed by atoms with E-state index < -0.39 is 0 Å². The molecule has 3 heteroatoms. The van der Waals surface area contributed by atoms with Gasteiger partial charge in [-0.2, -0.15) is 0 Å². The van der Waals surface area contributed by atoms with Gasteiger partial charge in [0.1, 0.15) is 5.82 Å². The molecule has 1 heterocycles. The molecule has 1 aromatic rings. The number of pyridine rings is 1. The average molecular weight is 234 g/mol. The Morgan fingerprint density at radius 3 is 2.65 bits per heavy atom. The summed E-state index contributed by atoms with van der Waals surface area (Å²) in [5.41, 5.74) is 0.710. The molecule has 0 amide bonds. The summed E-state index contributed by atoms with van der Waals surface area (Å²) in [5, 5.41) is 3.29. The van der Waals surface area contributed by atoms with Crippen LogP contribution in [0.1, 0.15) is 50.9 Å². The highest BCUT2D eigenvalue weighted by molar-refractivity contribution is 6.01. The molecule has 0 aliphatic carbocycles. The van der Waals surface area contributed by atoms with Crippen LogP contribution in [0.15, 0.2) is 18.3 Å². The number of Topliss-reactive ketones (excluding diaryl/α,β-unsaturated/α-hetero) is 1. The Kier molecular flexibility index (Phi) is 5.13. The van der Waals surface area contributed by atoms with Crippen LogP contribution in [-0.4, -0.2) is 16.8 Å². The van der Waals surface area contributed by atoms with Gasteiger partial charge in [-0.1, -0.05) is 20.8 Å². The third-order valence-corrected chi connectivity index (χ3v) is 3.13. The summed E-state index contributed by atoms with van der Waals surface area (Å²) in [6.07, 6.45) is 3.59. The second-order valence-corrected chi connectivity index (χ2v) is 4.53. The Labute approximate surface area is 104 Å². The number of aromatic nitrogens is 1. The van der Waals surface area contributed by atoms with Crippen molar-refractivity contribution in [3.63, 3.8) is 0 Å². The van der Waals surface area contributed by atoms with E-state index in [1.54, 1.807) is 6.20 Å². The van der Waals surface area contributed by atoms with Crippen molar-refractivity contribution < 1.29 is 4.79 Å². The van der Waals surface area contributed by atoms with Crippen LogP contribution in [0.2, 0.25) is 0 Å². The van der Waals surface area contributed by atoms with Gasteiger partial charge in [0.2, 0.25) is 0 Å². The minimum Gasteiger partial charge on any atom is -0.367 e. The van der Waals surface area contributed by atoms with Crippen molar-refractivity contribution >= 4 is 11.6 Å². The summed E-state index contributed by atoms with van der Waals surface area (Å²) in [6, 6.07) is 4.00. The number of hydrogen-bond donors (Lipinski definition) is 1. The summed E-state index contributed by atoms with van der Waals surface area (Å²) in [4.78, 5) is 16.5. The molecule has 0 fully saturated rings. The normalized spacial score (nSPS) is 14.1. The van der Waals surface area contributed by atoms with E-state index in [9.17, 15) is 4.79 Å². The largest absolute Gasteiger partial charge is 0.367 e. The van der Waals surface area contributed by atoms with Crippen LogP contribution in [-0.2, 0) is 0 Å². The van der Waals surface area contributed by atoms with Gasteiger partial charge in [-0.3, -0.25) is 4.79 Å². The van der Waals surface area contributed by atoms with Crippen LogP contribution in [0.5, 0.6) is 0 Å². The number of anilines is 1. The van der Waals surface area contributed by atoms with Gasteiger partial charge in [0.05, 0.1) is 5.56 Å². The molecule has 0 bridgehead atoms. The quantitative estimate of drug-likeness (QED) is 0.766. The molecule has 94 valence electrons. The number of nitrogens with zero attached hydrogens (tertiary/aromatic N) is 1. The number of carbonyl (C=O) groups excluding carboxylic acids is 1. The molecule has 1 rings (SSSR count). The number of carbonyl (C=O) groups is 1. The van der Waals surface area contributed by atoms with Crippen LogP contribution >= 0.6 is 0 Å². The van der Waals surface area contributed by atoms with Crippen LogP contribution in [0, 0.1) is 5.92 Å². The summed E-state index contributed by atoms with van der Waals surface area (Å²) in [5.74, 6) is 0.940. The van der Waals surface area contributed by atoms with Crippen molar-refractivity contribution in [3.05, 3.63) is 23.9 Å². The van der Waals surface area contributed by atoms with E-state index >= 15 is 0 Å². The van der Waals surface area contributed by atoms with Gasteiger partial charge in [-0.05, 0) is 31.9 Å². The first kappa shape index (κ1) is 13.7. The van der Waals surface area contributed by atoms with Crippen molar-refractivity contribution in [2.24, 2.45) is 5.92 Å². The van der Waals surface area contributed by atoms with E-state index in [1.165, 1.54) is 0 Å². The van der Waals surface area contributed by atoms with E-state index in [1.807, 2.05) is 26.0 Å². The van der Waals surface area contributed by atoms with Gasteiger partial charge in [0.25, 0.3) is 0 Å². The molecular formula is C14H22N2O. The summed E-state index contributed by atoms with van der Waals surface area (Å²) in [6.45, 7) is 8.19. The monoisotopic (exact) mass is 234 g/mol. The molecule has 0 aliphatic rings. The fourth-order valence-corrected chi connectivity index (χ4v) is 1.51. The van der Waals surface area contributed by atoms with Gasteiger partial charge < -0.3 is 5.32 Å². The van der Waals surface area contributed by atoms with Gasteiger partial charge in [0.15, 0.2) is 5.78 Å². The number of hydrogen-bond acceptors (Lipinski definition) is 3. The third-order valence-electron chi connectivity index (χ3n) is 3.13. The average Bonchev–Trinajstić information content (AvgIpc) is 2.37. The molecule has 0 spiro atoms. The summed E-state index contributed by atoms with van der Waals surface area (Å²) < 4.78 is 0. The molecule has 0 saturated heterocycles.